The molecule has 0 saturated heterocycles. The summed E-state index contributed by atoms with van der Waals surface area (Å²) in [6.45, 7) is 0. The van der Waals surface area contributed by atoms with Gasteiger partial charge in [0.1, 0.15) is 0 Å². The fraction of sp³-hybridized carbons (Fsp3) is 0.333. The Balaban J connectivity index is 3.01. The van der Waals surface area contributed by atoms with Crippen molar-refractivity contribution in [1.82, 2.24) is 0 Å². The molecule has 5 nitrogen and oxygen atoms in total. The Morgan fingerprint density at radius 2 is 2.18 bits per heavy atom. The molecule has 60 valence electrons. The highest BCUT2D eigenvalue weighted by Crippen LogP contribution is 2.21. The summed E-state index contributed by atoms with van der Waals surface area (Å²) in [5.74, 6) is -1.01. The highest BCUT2D eigenvalue weighted by molar-refractivity contribution is 5.24. The second-order valence-corrected chi connectivity index (χ2v) is 2.18. The lowest BCUT2D eigenvalue weighted by atomic mass is 10.1. The molecule has 0 spiro atoms. The zero-order valence-electron chi connectivity index (χ0n) is 5.65. The third kappa shape index (κ3) is 1.31. The highest BCUT2D eigenvalue weighted by Gasteiger charge is 2.23. The van der Waals surface area contributed by atoms with Crippen LogP contribution < -0.4 is 0 Å². The topological polar surface area (TPSA) is 83.6 Å². The van der Waals surface area contributed by atoms with Gasteiger partial charge in [0.15, 0.2) is 5.76 Å². The number of rotatable bonds is 1. The van der Waals surface area contributed by atoms with Crippen LogP contribution in [0.2, 0.25) is 0 Å². The van der Waals surface area contributed by atoms with Crippen LogP contribution in [0.5, 0.6) is 0 Å². The van der Waals surface area contributed by atoms with Crippen molar-refractivity contribution >= 4 is 0 Å². The molecule has 5 heteroatoms. The SMILES string of the molecule is O=[N+]([O-])C1=C(O)C(O)=CCC1. The third-order valence-electron chi connectivity index (χ3n) is 1.46. The van der Waals surface area contributed by atoms with Gasteiger partial charge in [-0.2, -0.15) is 0 Å². The fourth-order valence-corrected chi connectivity index (χ4v) is 0.886. The van der Waals surface area contributed by atoms with E-state index >= 15 is 0 Å². The summed E-state index contributed by atoms with van der Waals surface area (Å²) in [6.07, 6.45) is 1.91. The zero-order chi connectivity index (χ0) is 8.43. The van der Waals surface area contributed by atoms with E-state index in [0.717, 1.165) is 0 Å². The van der Waals surface area contributed by atoms with E-state index in [1.807, 2.05) is 0 Å². The smallest absolute Gasteiger partial charge is 0.291 e. The van der Waals surface area contributed by atoms with E-state index in [1.165, 1.54) is 6.08 Å². The minimum atomic E-state index is -0.682. The lowest BCUT2D eigenvalue weighted by molar-refractivity contribution is -0.431. The first-order valence-electron chi connectivity index (χ1n) is 3.09. The van der Waals surface area contributed by atoms with Gasteiger partial charge >= 0.3 is 0 Å². The maximum absolute atomic E-state index is 10.2. The van der Waals surface area contributed by atoms with E-state index in [9.17, 15) is 10.1 Å². The normalized spacial score (nSPS) is 18.0. The summed E-state index contributed by atoms with van der Waals surface area (Å²) < 4.78 is 0. The van der Waals surface area contributed by atoms with Crippen LogP contribution in [0.25, 0.3) is 0 Å². The lowest BCUT2D eigenvalue weighted by Gasteiger charge is -2.05. The first-order valence-corrected chi connectivity index (χ1v) is 3.09. The predicted molar refractivity (Wildman–Crippen MR) is 36.6 cm³/mol. The zero-order valence-corrected chi connectivity index (χ0v) is 5.65. The number of nitro groups is 1. The third-order valence-corrected chi connectivity index (χ3v) is 1.46. The number of aliphatic hydroxyl groups is 2. The number of nitrogens with zero attached hydrogens (tertiary/aromatic N) is 1. The van der Waals surface area contributed by atoms with Gasteiger partial charge in [0.2, 0.25) is 5.76 Å². The van der Waals surface area contributed by atoms with E-state index in [4.69, 9.17) is 10.2 Å². The van der Waals surface area contributed by atoms with Crippen molar-refractivity contribution in [3.63, 3.8) is 0 Å². The van der Waals surface area contributed by atoms with Gasteiger partial charge in [0.25, 0.3) is 5.70 Å². The summed E-state index contributed by atoms with van der Waals surface area (Å²) >= 11 is 0. The summed E-state index contributed by atoms with van der Waals surface area (Å²) in [5, 5.41) is 27.9. The summed E-state index contributed by atoms with van der Waals surface area (Å²) in [4.78, 5) is 9.48. The summed E-state index contributed by atoms with van der Waals surface area (Å²) in [7, 11) is 0. The molecule has 0 aromatic rings. The Bertz CT molecular complexity index is 253. The maximum atomic E-state index is 10.2. The molecule has 0 atom stereocenters. The van der Waals surface area contributed by atoms with Crippen LogP contribution in [0.1, 0.15) is 12.8 Å². The molecular formula is C6H7NO4. The average Bonchev–Trinajstić information content (AvgIpc) is 1.94. The van der Waals surface area contributed by atoms with E-state index in [1.54, 1.807) is 0 Å². The Labute approximate surface area is 62.4 Å². The largest absolute Gasteiger partial charge is 0.504 e. The number of hydrogen-bond acceptors (Lipinski definition) is 4. The quantitative estimate of drug-likeness (QED) is 0.443. The van der Waals surface area contributed by atoms with Crippen LogP contribution in [0.3, 0.4) is 0 Å². The second-order valence-electron chi connectivity index (χ2n) is 2.18. The van der Waals surface area contributed by atoms with Crippen molar-refractivity contribution in [3.8, 4) is 0 Å². The molecule has 2 N–H and O–H groups in total. The summed E-state index contributed by atoms with van der Waals surface area (Å²) in [5.41, 5.74) is -0.315. The molecule has 0 radical (unpaired) electrons. The van der Waals surface area contributed by atoms with Crippen molar-refractivity contribution in [2.75, 3.05) is 0 Å². The van der Waals surface area contributed by atoms with Gasteiger partial charge in [-0.1, -0.05) is 0 Å². The van der Waals surface area contributed by atoms with Crippen molar-refractivity contribution in [3.05, 3.63) is 33.4 Å². The molecule has 0 aliphatic heterocycles. The van der Waals surface area contributed by atoms with E-state index < -0.39 is 16.4 Å². The molecule has 0 saturated carbocycles. The van der Waals surface area contributed by atoms with Crippen LogP contribution >= 0.6 is 0 Å². The van der Waals surface area contributed by atoms with Gasteiger partial charge in [0, 0.05) is 6.42 Å². The molecule has 1 aliphatic rings. The van der Waals surface area contributed by atoms with Crippen LogP contribution in [0, 0.1) is 10.1 Å². The molecule has 0 aromatic heterocycles. The first kappa shape index (κ1) is 7.59. The van der Waals surface area contributed by atoms with Gasteiger partial charge in [-0.15, -0.1) is 0 Å². The molecule has 0 aromatic carbocycles. The molecule has 0 fully saturated rings. The molecule has 0 bridgehead atoms. The van der Waals surface area contributed by atoms with Gasteiger partial charge in [0.05, 0.1) is 4.92 Å². The Morgan fingerprint density at radius 3 is 2.64 bits per heavy atom. The van der Waals surface area contributed by atoms with Crippen LogP contribution in [-0.2, 0) is 0 Å². The van der Waals surface area contributed by atoms with Crippen LogP contribution in [0.15, 0.2) is 23.3 Å². The molecule has 0 amide bonds. The minimum absolute atomic E-state index is 0.170. The number of hydrogen-bond donors (Lipinski definition) is 2. The van der Waals surface area contributed by atoms with Crippen LogP contribution in [0.4, 0.5) is 0 Å². The first-order chi connectivity index (χ1) is 5.13. The minimum Gasteiger partial charge on any atom is -0.504 e. The Morgan fingerprint density at radius 1 is 1.55 bits per heavy atom. The second kappa shape index (κ2) is 2.61. The lowest BCUT2D eigenvalue weighted by Crippen LogP contribution is -2.08. The molecule has 1 aliphatic carbocycles. The van der Waals surface area contributed by atoms with Gasteiger partial charge in [-0.25, -0.2) is 0 Å². The number of allylic oxidation sites excluding steroid dienone is 2. The van der Waals surface area contributed by atoms with Gasteiger partial charge in [-0.05, 0) is 12.5 Å². The van der Waals surface area contributed by atoms with E-state index in [-0.39, 0.29) is 12.1 Å². The summed E-state index contributed by atoms with van der Waals surface area (Å²) in [6, 6.07) is 0. The van der Waals surface area contributed by atoms with Gasteiger partial charge < -0.3 is 10.2 Å². The molecule has 1 rings (SSSR count). The Kier molecular flexibility index (Phi) is 1.80. The van der Waals surface area contributed by atoms with Crippen molar-refractivity contribution in [1.29, 1.82) is 0 Å². The standard InChI is InChI=1S/C6H7NO4/c8-5-3-1-2-4(6(5)9)7(10)11/h3,8-9H,1-2H2. The predicted octanol–water partition coefficient (Wildman–Crippen LogP) is 1.27. The molecule has 0 heterocycles. The van der Waals surface area contributed by atoms with Crippen molar-refractivity contribution in [2.45, 2.75) is 12.8 Å². The van der Waals surface area contributed by atoms with Crippen molar-refractivity contribution in [2.24, 2.45) is 0 Å². The molecule has 11 heavy (non-hydrogen) atoms. The Hall–Kier alpha value is -1.52. The molecule has 0 unspecified atom stereocenters. The molecular weight excluding hydrogens is 150 g/mol. The van der Waals surface area contributed by atoms with E-state index in [0.29, 0.717) is 6.42 Å². The monoisotopic (exact) mass is 157 g/mol. The number of aliphatic hydroxyl groups excluding tert-OH is 2. The van der Waals surface area contributed by atoms with Gasteiger partial charge in [-0.3, -0.25) is 10.1 Å². The van der Waals surface area contributed by atoms with Crippen molar-refractivity contribution < 1.29 is 15.1 Å². The van der Waals surface area contributed by atoms with E-state index in [2.05, 4.69) is 0 Å². The van der Waals surface area contributed by atoms with Crippen LogP contribution in [-0.4, -0.2) is 15.1 Å². The maximum Gasteiger partial charge on any atom is 0.291 e. The average molecular weight is 157 g/mol. The highest BCUT2D eigenvalue weighted by atomic mass is 16.6. The fourth-order valence-electron chi connectivity index (χ4n) is 0.886.